The topological polar surface area (TPSA) is 48.6 Å². The fourth-order valence-corrected chi connectivity index (χ4v) is 4.06. The average molecular weight is 401 g/mol. The fraction of sp³-hybridized carbons (Fsp3) is 0.455. The molecule has 2 unspecified atom stereocenters. The largest absolute Gasteiger partial charge is 0.379 e. The van der Waals surface area contributed by atoms with Gasteiger partial charge < -0.3 is 10.1 Å². The van der Waals surface area contributed by atoms with E-state index in [0.29, 0.717) is 12.0 Å². The van der Waals surface area contributed by atoms with Crippen LogP contribution in [0.3, 0.4) is 0 Å². The Morgan fingerprint density at radius 3 is 2.46 bits per heavy atom. The van der Waals surface area contributed by atoms with Gasteiger partial charge in [0.15, 0.2) is 0 Å². The SMILES string of the molecule is Clc1ccc(C2NNCC2CNCc2ccc(CN3CCOCC3)cc2)cc1. The van der Waals surface area contributed by atoms with Crippen molar-refractivity contribution in [3.8, 4) is 0 Å². The second-order valence-corrected chi connectivity index (χ2v) is 8.09. The van der Waals surface area contributed by atoms with Gasteiger partial charge in [-0.05, 0) is 28.8 Å². The maximum atomic E-state index is 6.02. The van der Waals surface area contributed by atoms with Crippen LogP contribution in [0.2, 0.25) is 5.02 Å². The third-order valence-electron chi connectivity index (χ3n) is 5.59. The summed E-state index contributed by atoms with van der Waals surface area (Å²) in [4.78, 5) is 2.45. The van der Waals surface area contributed by atoms with Crippen LogP contribution in [0, 0.1) is 5.92 Å². The third-order valence-corrected chi connectivity index (χ3v) is 5.84. The highest BCUT2D eigenvalue weighted by molar-refractivity contribution is 6.30. The summed E-state index contributed by atoms with van der Waals surface area (Å²) in [6.45, 7) is 7.58. The van der Waals surface area contributed by atoms with Gasteiger partial charge in [-0.1, -0.05) is 48.0 Å². The van der Waals surface area contributed by atoms with Gasteiger partial charge >= 0.3 is 0 Å². The maximum absolute atomic E-state index is 6.02. The number of hydrogen-bond donors (Lipinski definition) is 3. The number of rotatable bonds is 7. The first-order valence-corrected chi connectivity index (χ1v) is 10.5. The van der Waals surface area contributed by atoms with Crippen LogP contribution < -0.4 is 16.2 Å². The van der Waals surface area contributed by atoms with Crippen LogP contribution in [-0.4, -0.2) is 44.3 Å². The van der Waals surface area contributed by atoms with Crippen molar-refractivity contribution >= 4 is 11.6 Å². The zero-order valence-electron chi connectivity index (χ0n) is 16.2. The summed E-state index contributed by atoms with van der Waals surface area (Å²) in [6.07, 6.45) is 0. The normalized spacial score (nSPS) is 23.2. The molecule has 5 nitrogen and oxygen atoms in total. The first-order chi connectivity index (χ1) is 13.8. The highest BCUT2D eigenvalue weighted by Crippen LogP contribution is 2.25. The summed E-state index contributed by atoms with van der Waals surface area (Å²) in [5, 5.41) is 4.40. The Labute approximate surface area is 172 Å². The molecule has 0 saturated carbocycles. The molecule has 150 valence electrons. The molecule has 2 aliphatic rings. The van der Waals surface area contributed by atoms with Gasteiger partial charge in [0.25, 0.3) is 0 Å². The van der Waals surface area contributed by atoms with E-state index >= 15 is 0 Å². The predicted molar refractivity (Wildman–Crippen MR) is 113 cm³/mol. The number of halogens is 1. The average Bonchev–Trinajstić information content (AvgIpc) is 3.19. The molecule has 0 radical (unpaired) electrons. The minimum absolute atomic E-state index is 0.306. The molecule has 2 atom stereocenters. The van der Waals surface area contributed by atoms with E-state index in [0.717, 1.165) is 57.5 Å². The van der Waals surface area contributed by atoms with Crippen molar-refractivity contribution in [1.82, 2.24) is 21.1 Å². The lowest BCUT2D eigenvalue weighted by molar-refractivity contribution is 0.0342. The highest BCUT2D eigenvalue weighted by atomic mass is 35.5. The van der Waals surface area contributed by atoms with Crippen molar-refractivity contribution in [2.75, 3.05) is 39.4 Å². The molecule has 3 N–H and O–H groups in total. The van der Waals surface area contributed by atoms with Crippen LogP contribution in [0.1, 0.15) is 22.7 Å². The van der Waals surface area contributed by atoms with Crippen LogP contribution in [0.15, 0.2) is 48.5 Å². The van der Waals surface area contributed by atoms with Gasteiger partial charge in [-0.3, -0.25) is 10.3 Å². The number of benzene rings is 2. The van der Waals surface area contributed by atoms with Gasteiger partial charge in [-0.2, -0.15) is 0 Å². The monoisotopic (exact) mass is 400 g/mol. The number of morpholine rings is 1. The minimum atomic E-state index is 0.306. The number of hydrogen-bond acceptors (Lipinski definition) is 5. The summed E-state index contributed by atoms with van der Waals surface area (Å²) in [6, 6.07) is 17.4. The summed E-state index contributed by atoms with van der Waals surface area (Å²) in [5.74, 6) is 0.502. The van der Waals surface area contributed by atoms with Crippen LogP contribution in [0.5, 0.6) is 0 Å². The predicted octanol–water partition coefficient (Wildman–Crippen LogP) is 2.73. The molecule has 0 bridgehead atoms. The lowest BCUT2D eigenvalue weighted by atomic mass is 9.95. The minimum Gasteiger partial charge on any atom is -0.379 e. The van der Waals surface area contributed by atoms with Gasteiger partial charge in [0.2, 0.25) is 0 Å². The van der Waals surface area contributed by atoms with E-state index in [1.165, 1.54) is 16.7 Å². The molecular weight excluding hydrogens is 372 g/mol. The van der Waals surface area contributed by atoms with Crippen molar-refractivity contribution in [2.24, 2.45) is 5.92 Å². The second-order valence-electron chi connectivity index (χ2n) is 7.65. The molecule has 28 heavy (non-hydrogen) atoms. The summed E-state index contributed by atoms with van der Waals surface area (Å²) < 4.78 is 5.42. The molecule has 4 rings (SSSR count). The standard InChI is InChI=1S/C22H29ClN4O/c23-21-7-5-19(6-8-21)22-20(15-25-26-22)14-24-13-17-1-3-18(4-2-17)16-27-9-11-28-12-10-27/h1-8,20,22,24-26H,9-16H2. The summed E-state index contributed by atoms with van der Waals surface area (Å²) in [7, 11) is 0. The van der Waals surface area contributed by atoms with E-state index in [-0.39, 0.29) is 0 Å². The molecule has 2 aliphatic heterocycles. The fourth-order valence-electron chi connectivity index (χ4n) is 3.93. The lowest BCUT2D eigenvalue weighted by Crippen LogP contribution is -2.35. The van der Waals surface area contributed by atoms with Gasteiger partial charge in [-0.25, -0.2) is 5.43 Å². The Kier molecular flexibility index (Phi) is 6.96. The first kappa shape index (κ1) is 19.8. The molecular formula is C22H29ClN4O. The molecule has 2 heterocycles. The first-order valence-electron chi connectivity index (χ1n) is 10.1. The zero-order valence-corrected chi connectivity index (χ0v) is 16.9. The molecule has 0 aromatic heterocycles. The smallest absolute Gasteiger partial charge is 0.0594 e. The summed E-state index contributed by atoms with van der Waals surface area (Å²) in [5.41, 5.74) is 10.7. The number of nitrogens with zero attached hydrogens (tertiary/aromatic N) is 1. The third kappa shape index (κ3) is 5.32. The molecule has 0 aliphatic carbocycles. The molecule has 2 aromatic rings. The Balaban J connectivity index is 1.24. The van der Waals surface area contributed by atoms with E-state index in [2.05, 4.69) is 57.5 Å². The van der Waals surface area contributed by atoms with Gasteiger partial charge in [0.1, 0.15) is 0 Å². The van der Waals surface area contributed by atoms with Crippen molar-refractivity contribution in [2.45, 2.75) is 19.1 Å². The van der Waals surface area contributed by atoms with Crippen molar-refractivity contribution in [1.29, 1.82) is 0 Å². The van der Waals surface area contributed by atoms with Gasteiger partial charge in [0.05, 0.1) is 19.3 Å². The van der Waals surface area contributed by atoms with E-state index in [4.69, 9.17) is 16.3 Å². The van der Waals surface area contributed by atoms with Crippen LogP contribution in [0.25, 0.3) is 0 Å². The lowest BCUT2D eigenvalue weighted by Gasteiger charge is -2.26. The van der Waals surface area contributed by atoms with Gasteiger partial charge in [0, 0.05) is 50.2 Å². The molecule has 2 saturated heterocycles. The van der Waals surface area contributed by atoms with E-state index < -0.39 is 0 Å². The number of ether oxygens (including phenoxy) is 1. The van der Waals surface area contributed by atoms with Crippen molar-refractivity contribution < 1.29 is 4.74 Å². The molecule has 0 amide bonds. The quantitative estimate of drug-likeness (QED) is 0.667. The Bertz CT molecular complexity index is 731. The van der Waals surface area contributed by atoms with E-state index in [9.17, 15) is 0 Å². The van der Waals surface area contributed by atoms with Gasteiger partial charge in [-0.15, -0.1) is 0 Å². The van der Waals surface area contributed by atoms with E-state index in [1.807, 2.05) is 12.1 Å². The van der Waals surface area contributed by atoms with Crippen molar-refractivity contribution in [3.05, 3.63) is 70.2 Å². The summed E-state index contributed by atoms with van der Waals surface area (Å²) >= 11 is 6.02. The highest BCUT2D eigenvalue weighted by Gasteiger charge is 2.27. The second kappa shape index (κ2) is 9.83. The number of hydrazine groups is 1. The van der Waals surface area contributed by atoms with Crippen LogP contribution in [-0.2, 0) is 17.8 Å². The van der Waals surface area contributed by atoms with Crippen molar-refractivity contribution in [3.63, 3.8) is 0 Å². The molecule has 6 heteroatoms. The zero-order chi connectivity index (χ0) is 19.2. The maximum Gasteiger partial charge on any atom is 0.0594 e. The van der Waals surface area contributed by atoms with Crippen LogP contribution in [0.4, 0.5) is 0 Å². The Morgan fingerprint density at radius 2 is 1.71 bits per heavy atom. The Morgan fingerprint density at radius 1 is 1.00 bits per heavy atom. The molecule has 2 fully saturated rings. The molecule has 0 spiro atoms. The molecule has 2 aromatic carbocycles. The Hall–Kier alpha value is -1.47. The van der Waals surface area contributed by atoms with E-state index in [1.54, 1.807) is 0 Å². The van der Waals surface area contributed by atoms with Crippen LogP contribution >= 0.6 is 11.6 Å². The number of nitrogens with one attached hydrogen (secondary N) is 3.